The molecule has 2 aromatic heterocycles. The third kappa shape index (κ3) is 3.03. The Morgan fingerprint density at radius 3 is 2.17 bits per heavy atom. The predicted octanol–water partition coefficient (Wildman–Crippen LogP) is 5.91. The first-order valence-electron chi connectivity index (χ1n) is 11.0. The van der Waals surface area contributed by atoms with Crippen LogP contribution in [0.4, 0.5) is 0 Å². The van der Waals surface area contributed by atoms with Crippen molar-refractivity contribution in [3.8, 4) is 0 Å². The molecule has 1 fully saturated rings. The van der Waals surface area contributed by atoms with Crippen LogP contribution in [0.3, 0.4) is 0 Å². The molecule has 0 radical (unpaired) electrons. The van der Waals surface area contributed by atoms with Crippen LogP contribution in [0.5, 0.6) is 0 Å². The number of benzene rings is 1. The Morgan fingerprint density at radius 2 is 1.60 bits per heavy atom. The average molecular weight is 398 g/mol. The second-order valence-corrected chi connectivity index (χ2v) is 10.3. The molecule has 5 rings (SSSR count). The molecular formula is C27H31N3. The van der Waals surface area contributed by atoms with Gasteiger partial charge in [0.2, 0.25) is 0 Å². The summed E-state index contributed by atoms with van der Waals surface area (Å²) in [5.41, 5.74) is 8.41. The van der Waals surface area contributed by atoms with Crippen LogP contribution in [-0.4, -0.2) is 15.0 Å². The Balaban J connectivity index is 1.53. The van der Waals surface area contributed by atoms with Gasteiger partial charge in [-0.1, -0.05) is 58.0 Å². The van der Waals surface area contributed by atoms with Crippen molar-refractivity contribution in [2.45, 2.75) is 70.1 Å². The van der Waals surface area contributed by atoms with Gasteiger partial charge in [0.25, 0.3) is 0 Å². The van der Waals surface area contributed by atoms with E-state index in [2.05, 4.69) is 81.0 Å². The van der Waals surface area contributed by atoms with Gasteiger partial charge in [0.15, 0.2) is 0 Å². The third-order valence-corrected chi connectivity index (χ3v) is 7.18. The molecule has 0 atom stereocenters. The summed E-state index contributed by atoms with van der Waals surface area (Å²) in [5, 5.41) is 0. The first-order valence-corrected chi connectivity index (χ1v) is 11.0. The molecule has 3 nitrogen and oxygen atoms in total. The highest BCUT2D eigenvalue weighted by Gasteiger charge is 2.49. The highest BCUT2D eigenvalue weighted by Crippen LogP contribution is 2.55. The molecule has 1 N–H and O–H groups in total. The lowest BCUT2D eigenvalue weighted by atomic mass is 9.66. The van der Waals surface area contributed by atoms with Gasteiger partial charge in [0, 0.05) is 41.3 Å². The van der Waals surface area contributed by atoms with Crippen molar-refractivity contribution < 1.29 is 0 Å². The number of nitrogens with one attached hydrogen (secondary N) is 1. The van der Waals surface area contributed by atoms with Crippen LogP contribution < -0.4 is 0 Å². The van der Waals surface area contributed by atoms with Crippen molar-refractivity contribution in [3.05, 3.63) is 94.3 Å². The average Bonchev–Trinajstić information content (AvgIpc) is 3.35. The fourth-order valence-electron chi connectivity index (χ4n) is 5.07. The molecule has 0 unspecified atom stereocenters. The maximum atomic E-state index is 4.93. The molecule has 0 bridgehead atoms. The zero-order valence-electron chi connectivity index (χ0n) is 18.7. The van der Waals surface area contributed by atoms with E-state index in [0.717, 1.165) is 12.2 Å². The molecular weight excluding hydrogens is 366 g/mol. The largest absolute Gasteiger partial charge is 0.348 e. The van der Waals surface area contributed by atoms with E-state index in [1.165, 1.54) is 46.4 Å². The van der Waals surface area contributed by atoms with Gasteiger partial charge in [-0.05, 0) is 53.6 Å². The molecule has 2 heterocycles. The SMILES string of the molecule is Cc1cc2c(cc1C1(c3ccc(Cc4ncc[nH]4)cn3)CC1)C(C)(C)C=CC2(C)C. The predicted molar refractivity (Wildman–Crippen MR) is 122 cm³/mol. The lowest BCUT2D eigenvalue weighted by Crippen LogP contribution is -2.30. The number of imidazole rings is 1. The molecule has 0 spiro atoms. The van der Waals surface area contributed by atoms with Crippen LogP contribution in [0.25, 0.3) is 0 Å². The van der Waals surface area contributed by atoms with E-state index in [-0.39, 0.29) is 16.2 Å². The van der Waals surface area contributed by atoms with E-state index >= 15 is 0 Å². The fraction of sp³-hybridized carbons (Fsp3) is 0.407. The van der Waals surface area contributed by atoms with Crippen molar-refractivity contribution in [3.63, 3.8) is 0 Å². The van der Waals surface area contributed by atoms with Gasteiger partial charge < -0.3 is 4.98 Å². The number of hydrogen-bond donors (Lipinski definition) is 1. The minimum atomic E-state index is 0.0592. The monoisotopic (exact) mass is 397 g/mol. The van der Waals surface area contributed by atoms with Crippen LogP contribution >= 0.6 is 0 Å². The molecule has 3 heteroatoms. The summed E-state index contributed by atoms with van der Waals surface area (Å²) in [6, 6.07) is 9.40. The van der Waals surface area contributed by atoms with Crippen LogP contribution in [-0.2, 0) is 22.7 Å². The molecule has 30 heavy (non-hydrogen) atoms. The van der Waals surface area contributed by atoms with Crippen molar-refractivity contribution in [2.24, 2.45) is 0 Å². The number of aryl methyl sites for hydroxylation is 1. The maximum Gasteiger partial charge on any atom is 0.110 e. The smallest absolute Gasteiger partial charge is 0.110 e. The van der Waals surface area contributed by atoms with E-state index < -0.39 is 0 Å². The van der Waals surface area contributed by atoms with Crippen molar-refractivity contribution >= 4 is 0 Å². The summed E-state index contributed by atoms with van der Waals surface area (Å²) < 4.78 is 0. The van der Waals surface area contributed by atoms with E-state index in [9.17, 15) is 0 Å². The number of rotatable bonds is 4. The van der Waals surface area contributed by atoms with Gasteiger partial charge in [-0.15, -0.1) is 0 Å². The highest BCUT2D eigenvalue weighted by molar-refractivity contribution is 5.56. The second-order valence-electron chi connectivity index (χ2n) is 10.3. The van der Waals surface area contributed by atoms with Crippen LogP contribution in [0.15, 0.2) is 55.0 Å². The number of aromatic amines is 1. The van der Waals surface area contributed by atoms with Crippen LogP contribution in [0, 0.1) is 6.92 Å². The number of aromatic nitrogens is 3. The van der Waals surface area contributed by atoms with E-state index in [0.29, 0.717) is 0 Å². The van der Waals surface area contributed by atoms with Crippen LogP contribution in [0.1, 0.15) is 79.9 Å². The minimum Gasteiger partial charge on any atom is -0.348 e. The zero-order valence-corrected chi connectivity index (χ0v) is 18.7. The van der Waals surface area contributed by atoms with Crippen molar-refractivity contribution in [1.29, 1.82) is 0 Å². The molecule has 0 amide bonds. The number of hydrogen-bond acceptors (Lipinski definition) is 2. The standard InChI is InChI=1S/C27H31N3/c1-18-14-21-22(26(4,5)9-8-25(21,2)3)16-20(18)27(10-11-27)23-7-6-19(17-30-23)15-24-28-12-13-29-24/h6-9,12-14,16-17H,10-11,15H2,1-5H3,(H,28,29). The van der Waals surface area contributed by atoms with Gasteiger partial charge in [0.1, 0.15) is 5.82 Å². The Labute approximate surface area is 179 Å². The summed E-state index contributed by atoms with van der Waals surface area (Å²) in [6.07, 6.45) is 13.6. The summed E-state index contributed by atoms with van der Waals surface area (Å²) in [4.78, 5) is 12.4. The Bertz CT molecular complexity index is 1110. The van der Waals surface area contributed by atoms with Crippen molar-refractivity contribution in [1.82, 2.24) is 15.0 Å². The number of H-pyrrole nitrogens is 1. The molecule has 2 aliphatic rings. The molecule has 0 aliphatic heterocycles. The second kappa shape index (κ2) is 6.41. The molecule has 0 saturated heterocycles. The molecule has 3 aromatic rings. The summed E-state index contributed by atoms with van der Waals surface area (Å²) in [5.74, 6) is 0.981. The quantitative estimate of drug-likeness (QED) is 0.556. The van der Waals surface area contributed by atoms with Gasteiger partial charge in [0.05, 0.1) is 5.69 Å². The summed E-state index contributed by atoms with van der Waals surface area (Å²) in [7, 11) is 0. The van der Waals surface area contributed by atoms with Gasteiger partial charge in [-0.25, -0.2) is 4.98 Å². The number of pyridine rings is 1. The number of allylic oxidation sites excluding steroid dienone is 2. The van der Waals surface area contributed by atoms with Gasteiger partial charge in [-0.3, -0.25) is 4.98 Å². The van der Waals surface area contributed by atoms with E-state index in [4.69, 9.17) is 4.98 Å². The van der Waals surface area contributed by atoms with Crippen LogP contribution in [0.2, 0.25) is 0 Å². The first kappa shape index (κ1) is 19.3. The summed E-state index contributed by atoms with van der Waals surface area (Å²) in [6.45, 7) is 11.6. The van der Waals surface area contributed by atoms with E-state index in [1.54, 1.807) is 6.20 Å². The van der Waals surface area contributed by atoms with Gasteiger partial charge in [-0.2, -0.15) is 0 Å². The lowest BCUT2D eigenvalue weighted by molar-refractivity contribution is 0.560. The zero-order chi connectivity index (χ0) is 21.1. The minimum absolute atomic E-state index is 0.0592. The Morgan fingerprint density at radius 1 is 0.900 bits per heavy atom. The molecule has 1 aromatic carbocycles. The Hall–Kier alpha value is -2.68. The molecule has 1 saturated carbocycles. The number of nitrogens with zero attached hydrogens (tertiary/aromatic N) is 2. The third-order valence-electron chi connectivity index (χ3n) is 7.18. The highest BCUT2D eigenvalue weighted by atomic mass is 14.9. The molecule has 154 valence electrons. The number of fused-ring (bicyclic) bond motifs is 1. The first-order chi connectivity index (χ1) is 14.2. The van der Waals surface area contributed by atoms with Gasteiger partial charge >= 0.3 is 0 Å². The van der Waals surface area contributed by atoms with Crippen molar-refractivity contribution in [2.75, 3.05) is 0 Å². The molecule has 2 aliphatic carbocycles. The van der Waals surface area contributed by atoms with E-state index in [1.807, 2.05) is 12.4 Å². The fourth-order valence-corrected chi connectivity index (χ4v) is 5.07. The maximum absolute atomic E-state index is 4.93. The Kier molecular flexibility index (Phi) is 4.12. The topological polar surface area (TPSA) is 41.6 Å². The lowest BCUT2D eigenvalue weighted by Gasteiger charge is -2.38. The normalized spacial score (nSPS) is 20.0. The summed E-state index contributed by atoms with van der Waals surface area (Å²) >= 11 is 0.